The van der Waals surface area contributed by atoms with Crippen LogP contribution in [0.3, 0.4) is 0 Å². The number of halogens is 1. The average molecular weight is 394 g/mol. The van der Waals surface area contributed by atoms with Crippen LogP contribution in [-0.2, 0) is 9.47 Å². The van der Waals surface area contributed by atoms with Gasteiger partial charge in [-0.3, -0.25) is 10.1 Å². The minimum absolute atomic E-state index is 0.117. The molecule has 0 aliphatic heterocycles. The van der Waals surface area contributed by atoms with E-state index in [1.165, 1.54) is 6.07 Å². The SMILES string of the molecule is COCCOCCCCNc1ccc([N+](=O)[O-])cc1I. The van der Waals surface area contributed by atoms with Gasteiger partial charge in [-0.25, -0.2) is 0 Å². The number of nitro benzene ring substituents is 1. The Hall–Kier alpha value is -0.930. The topological polar surface area (TPSA) is 73.6 Å². The van der Waals surface area contributed by atoms with Crippen LogP contribution < -0.4 is 5.32 Å². The number of anilines is 1. The van der Waals surface area contributed by atoms with Crippen molar-refractivity contribution in [3.8, 4) is 0 Å². The Labute approximate surface area is 132 Å². The standard InChI is InChI=1S/C13H19IN2O4/c1-19-8-9-20-7-3-2-6-15-13-5-4-11(16(17)18)10-12(13)14/h4-5,10,15H,2-3,6-9H2,1H3. The highest BCUT2D eigenvalue weighted by Crippen LogP contribution is 2.23. The summed E-state index contributed by atoms with van der Waals surface area (Å²) in [4.78, 5) is 10.2. The van der Waals surface area contributed by atoms with E-state index in [2.05, 4.69) is 27.9 Å². The van der Waals surface area contributed by atoms with Crippen LogP contribution in [0.15, 0.2) is 18.2 Å². The first-order chi connectivity index (χ1) is 9.65. The van der Waals surface area contributed by atoms with Gasteiger partial charge in [0.05, 0.1) is 18.1 Å². The number of hydrogen-bond acceptors (Lipinski definition) is 5. The second-order valence-corrected chi connectivity index (χ2v) is 5.32. The lowest BCUT2D eigenvalue weighted by molar-refractivity contribution is -0.384. The molecule has 112 valence electrons. The number of nitrogens with zero attached hydrogens (tertiary/aromatic N) is 1. The van der Waals surface area contributed by atoms with Crippen molar-refractivity contribution in [3.05, 3.63) is 31.9 Å². The zero-order valence-corrected chi connectivity index (χ0v) is 13.6. The van der Waals surface area contributed by atoms with Crippen LogP contribution in [0.1, 0.15) is 12.8 Å². The van der Waals surface area contributed by atoms with Crippen molar-refractivity contribution in [1.29, 1.82) is 0 Å². The molecule has 0 unspecified atom stereocenters. The van der Waals surface area contributed by atoms with Crippen LogP contribution >= 0.6 is 22.6 Å². The van der Waals surface area contributed by atoms with E-state index < -0.39 is 0 Å². The number of ether oxygens (including phenoxy) is 2. The summed E-state index contributed by atoms with van der Waals surface area (Å²) in [5, 5.41) is 13.9. The van der Waals surface area contributed by atoms with E-state index in [4.69, 9.17) is 9.47 Å². The Bertz CT molecular complexity index is 429. The van der Waals surface area contributed by atoms with Gasteiger partial charge >= 0.3 is 0 Å². The monoisotopic (exact) mass is 394 g/mol. The normalized spacial score (nSPS) is 10.5. The van der Waals surface area contributed by atoms with Crippen molar-refractivity contribution in [2.24, 2.45) is 0 Å². The van der Waals surface area contributed by atoms with Gasteiger partial charge in [0.2, 0.25) is 0 Å². The number of hydrogen-bond donors (Lipinski definition) is 1. The van der Waals surface area contributed by atoms with Gasteiger partial charge in [0.1, 0.15) is 0 Å². The Morgan fingerprint density at radius 2 is 2.10 bits per heavy atom. The molecule has 0 heterocycles. The number of benzene rings is 1. The molecule has 0 radical (unpaired) electrons. The van der Waals surface area contributed by atoms with E-state index in [-0.39, 0.29) is 10.6 Å². The van der Waals surface area contributed by atoms with E-state index >= 15 is 0 Å². The molecule has 0 atom stereocenters. The summed E-state index contributed by atoms with van der Waals surface area (Å²) in [7, 11) is 1.65. The van der Waals surface area contributed by atoms with E-state index in [1.807, 2.05) is 0 Å². The predicted octanol–water partition coefficient (Wildman–Crippen LogP) is 3.05. The van der Waals surface area contributed by atoms with Crippen LogP contribution in [0.25, 0.3) is 0 Å². The number of nitro groups is 1. The fourth-order valence-corrected chi connectivity index (χ4v) is 2.25. The zero-order valence-electron chi connectivity index (χ0n) is 11.4. The van der Waals surface area contributed by atoms with Crippen LogP contribution in [0, 0.1) is 13.7 Å². The summed E-state index contributed by atoms with van der Waals surface area (Å²) in [5.74, 6) is 0. The first kappa shape index (κ1) is 17.1. The van der Waals surface area contributed by atoms with Gasteiger partial charge in [-0.15, -0.1) is 0 Å². The van der Waals surface area contributed by atoms with Crippen LogP contribution in [0.2, 0.25) is 0 Å². The lowest BCUT2D eigenvalue weighted by atomic mass is 10.2. The fraction of sp³-hybridized carbons (Fsp3) is 0.538. The zero-order chi connectivity index (χ0) is 14.8. The Kier molecular flexibility index (Phi) is 8.47. The quantitative estimate of drug-likeness (QED) is 0.286. The highest BCUT2D eigenvalue weighted by molar-refractivity contribution is 14.1. The number of methoxy groups -OCH3 is 1. The molecule has 0 aromatic heterocycles. The van der Waals surface area contributed by atoms with Crippen molar-refractivity contribution in [3.63, 3.8) is 0 Å². The van der Waals surface area contributed by atoms with Crippen molar-refractivity contribution in [2.75, 3.05) is 38.8 Å². The number of non-ortho nitro benzene ring substituents is 1. The maximum Gasteiger partial charge on any atom is 0.270 e. The molecule has 1 rings (SSSR count). The molecule has 1 aromatic rings. The number of unbranched alkanes of at least 4 members (excludes halogenated alkanes) is 1. The third kappa shape index (κ3) is 6.49. The Balaban J connectivity index is 2.20. The molecule has 20 heavy (non-hydrogen) atoms. The fourth-order valence-electron chi connectivity index (χ4n) is 1.56. The summed E-state index contributed by atoms with van der Waals surface area (Å²) in [6.07, 6.45) is 1.96. The van der Waals surface area contributed by atoms with E-state index in [0.717, 1.165) is 35.3 Å². The summed E-state index contributed by atoms with van der Waals surface area (Å²) in [6, 6.07) is 4.82. The smallest absolute Gasteiger partial charge is 0.270 e. The highest BCUT2D eigenvalue weighted by atomic mass is 127. The van der Waals surface area contributed by atoms with Crippen molar-refractivity contribution in [2.45, 2.75) is 12.8 Å². The second-order valence-electron chi connectivity index (χ2n) is 4.16. The summed E-state index contributed by atoms with van der Waals surface area (Å²) in [6.45, 7) is 2.80. The molecule has 0 bridgehead atoms. The second kappa shape index (κ2) is 9.89. The molecule has 0 aliphatic carbocycles. The van der Waals surface area contributed by atoms with Gasteiger partial charge in [0.25, 0.3) is 5.69 Å². The van der Waals surface area contributed by atoms with Gasteiger partial charge in [0.15, 0.2) is 0 Å². The maximum absolute atomic E-state index is 10.6. The van der Waals surface area contributed by atoms with Gasteiger partial charge < -0.3 is 14.8 Å². The van der Waals surface area contributed by atoms with E-state index in [9.17, 15) is 10.1 Å². The minimum atomic E-state index is -0.386. The molecule has 0 aliphatic rings. The van der Waals surface area contributed by atoms with Crippen LogP contribution in [0.5, 0.6) is 0 Å². The van der Waals surface area contributed by atoms with Gasteiger partial charge in [-0.1, -0.05) is 0 Å². The predicted molar refractivity (Wildman–Crippen MR) is 86.2 cm³/mol. The molecule has 7 heteroatoms. The third-order valence-corrected chi connectivity index (χ3v) is 3.52. The summed E-state index contributed by atoms with van der Waals surface area (Å²) in [5.41, 5.74) is 1.04. The molecule has 0 fully saturated rings. The summed E-state index contributed by atoms with van der Waals surface area (Å²) >= 11 is 2.10. The van der Waals surface area contributed by atoms with Gasteiger partial charge in [0, 0.05) is 41.7 Å². The van der Waals surface area contributed by atoms with E-state index in [1.54, 1.807) is 19.2 Å². The number of nitrogens with one attached hydrogen (secondary N) is 1. The van der Waals surface area contributed by atoms with E-state index in [0.29, 0.717) is 13.2 Å². The van der Waals surface area contributed by atoms with Crippen LogP contribution in [0.4, 0.5) is 11.4 Å². The molecule has 1 N–H and O–H groups in total. The van der Waals surface area contributed by atoms with Gasteiger partial charge in [-0.05, 0) is 41.5 Å². The summed E-state index contributed by atoms with van der Waals surface area (Å²) < 4.78 is 11.1. The highest BCUT2D eigenvalue weighted by Gasteiger charge is 2.08. The molecule has 1 aromatic carbocycles. The molecule has 6 nitrogen and oxygen atoms in total. The lowest BCUT2D eigenvalue weighted by Crippen LogP contribution is -2.07. The molecule has 0 spiro atoms. The minimum Gasteiger partial charge on any atom is -0.384 e. The largest absolute Gasteiger partial charge is 0.384 e. The first-order valence-corrected chi connectivity index (χ1v) is 7.47. The first-order valence-electron chi connectivity index (χ1n) is 6.39. The van der Waals surface area contributed by atoms with Gasteiger partial charge in [-0.2, -0.15) is 0 Å². The van der Waals surface area contributed by atoms with Crippen molar-refractivity contribution < 1.29 is 14.4 Å². The van der Waals surface area contributed by atoms with Crippen molar-refractivity contribution in [1.82, 2.24) is 0 Å². The Morgan fingerprint density at radius 3 is 2.75 bits per heavy atom. The average Bonchev–Trinajstić information content (AvgIpc) is 2.43. The van der Waals surface area contributed by atoms with Crippen molar-refractivity contribution >= 4 is 34.0 Å². The van der Waals surface area contributed by atoms with Crippen LogP contribution in [-0.4, -0.2) is 38.4 Å². The molecule has 0 amide bonds. The molecule has 0 saturated heterocycles. The Morgan fingerprint density at radius 1 is 1.30 bits per heavy atom. The maximum atomic E-state index is 10.6. The third-order valence-electron chi connectivity index (χ3n) is 2.63. The number of rotatable bonds is 10. The molecule has 0 saturated carbocycles. The molecular formula is C13H19IN2O4. The molecular weight excluding hydrogens is 375 g/mol. The lowest BCUT2D eigenvalue weighted by Gasteiger charge is -2.08.